The van der Waals surface area contributed by atoms with E-state index in [1.54, 1.807) is 14.2 Å². The highest BCUT2D eigenvalue weighted by Gasteiger charge is 2.07. The van der Waals surface area contributed by atoms with Crippen LogP contribution in [0.15, 0.2) is 42.5 Å². The van der Waals surface area contributed by atoms with Gasteiger partial charge in [0, 0.05) is 18.3 Å². The molecule has 2 N–H and O–H groups in total. The van der Waals surface area contributed by atoms with E-state index in [-0.39, 0.29) is 0 Å². The van der Waals surface area contributed by atoms with Crippen LogP contribution in [0, 0.1) is 20.8 Å². The molecule has 28 heavy (non-hydrogen) atoms. The highest BCUT2D eigenvalue weighted by molar-refractivity contribution is 5.63. The Hall–Kier alpha value is -3.28. The lowest BCUT2D eigenvalue weighted by atomic mass is 10.1. The average Bonchev–Trinajstić information content (AvgIpc) is 2.69. The van der Waals surface area contributed by atoms with Crippen LogP contribution in [0.4, 0.5) is 17.3 Å². The van der Waals surface area contributed by atoms with Crippen LogP contribution >= 0.6 is 0 Å². The van der Waals surface area contributed by atoms with E-state index in [9.17, 15) is 0 Å². The fraction of sp³-hybridized carbons (Fsp3) is 0.273. The number of anilines is 3. The third-order valence-electron chi connectivity index (χ3n) is 4.63. The molecule has 0 bridgehead atoms. The maximum absolute atomic E-state index is 5.37. The zero-order valence-corrected chi connectivity index (χ0v) is 17.0. The normalized spacial score (nSPS) is 10.5. The van der Waals surface area contributed by atoms with Gasteiger partial charge in [0.2, 0.25) is 0 Å². The number of benzene rings is 2. The number of rotatable bonds is 7. The van der Waals surface area contributed by atoms with Crippen LogP contribution in [-0.2, 0) is 6.54 Å². The second-order valence-corrected chi connectivity index (χ2v) is 6.60. The van der Waals surface area contributed by atoms with Gasteiger partial charge in [-0.25, -0.2) is 9.97 Å². The highest BCUT2D eigenvalue weighted by atomic mass is 16.5. The van der Waals surface area contributed by atoms with E-state index >= 15 is 0 Å². The van der Waals surface area contributed by atoms with Crippen molar-refractivity contribution in [1.82, 2.24) is 9.97 Å². The summed E-state index contributed by atoms with van der Waals surface area (Å²) >= 11 is 0. The first-order valence-corrected chi connectivity index (χ1v) is 9.14. The maximum Gasteiger partial charge on any atom is 0.161 e. The summed E-state index contributed by atoms with van der Waals surface area (Å²) in [7, 11) is 3.26. The van der Waals surface area contributed by atoms with Gasteiger partial charge >= 0.3 is 0 Å². The number of ether oxygens (including phenoxy) is 2. The molecule has 0 unspecified atom stereocenters. The van der Waals surface area contributed by atoms with Crippen LogP contribution in [0.1, 0.15) is 22.5 Å². The fourth-order valence-corrected chi connectivity index (χ4v) is 2.93. The molecule has 2 aromatic carbocycles. The molecule has 0 saturated heterocycles. The molecule has 0 radical (unpaired) electrons. The molecule has 0 aliphatic rings. The molecule has 1 aromatic heterocycles. The van der Waals surface area contributed by atoms with Crippen molar-refractivity contribution < 1.29 is 9.47 Å². The molecule has 0 saturated carbocycles. The van der Waals surface area contributed by atoms with Crippen molar-refractivity contribution in [2.75, 3.05) is 24.9 Å². The van der Waals surface area contributed by atoms with Gasteiger partial charge in [0.05, 0.1) is 14.2 Å². The lowest BCUT2D eigenvalue weighted by molar-refractivity contribution is 0.354. The zero-order chi connectivity index (χ0) is 20.1. The van der Waals surface area contributed by atoms with Crippen molar-refractivity contribution in [2.45, 2.75) is 27.3 Å². The second-order valence-electron chi connectivity index (χ2n) is 6.60. The van der Waals surface area contributed by atoms with E-state index in [2.05, 4.69) is 46.6 Å². The molecule has 0 fully saturated rings. The minimum Gasteiger partial charge on any atom is -0.493 e. The van der Waals surface area contributed by atoms with Gasteiger partial charge < -0.3 is 20.1 Å². The van der Waals surface area contributed by atoms with E-state index < -0.39 is 0 Å². The van der Waals surface area contributed by atoms with Gasteiger partial charge in [-0.3, -0.25) is 0 Å². The Morgan fingerprint density at radius 2 is 1.61 bits per heavy atom. The first kappa shape index (κ1) is 19.5. The minimum atomic E-state index is 0.611. The van der Waals surface area contributed by atoms with Crippen LogP contribution < -0.4 is 20.1 Å². The Kier molecular flexibility index (Phi) is 5.99. The Balaban J connectivity index is 1.76. The molecule has 146 valence electrons. The molecular weight excluding hydrogens is 352 g/mol. The number of nitrogens with one attached hydrogen (secondary N) is 2. The summed E-state index contributed by atoms with van der Waals surface area (Å²) in [5, 5.41) is 6.75. The molecule has 6 heteroatoms. The summed E-state index contributed by atoms with van der Waals surface area (Å²) < 4.78 is 10.7. The van der Waals surface area contributed by atoms with Crippen molar-refractivity contribution in [3.05, 3.63) is 65.0 Å². The smallest absolute Gasteiger partial charge is 0.161 e. The van der Waals surface area contributed by atoms with Crippen LogP contribution in [0.25, 0.3) is 0 Å². The molecular formula is C22H26N4O2. The summed E-state index contributed by atoms with van der Waals surface area (Å²) in [5.41, 5.74) is 4.56. The van der Waals surface area contributed by atoms with Crippen molar-refractivity contribution >= 4 is 17.3 Å². The average molecular weight is 378 g/mol. The Labute approximate surface area is 166 Å². The molecule has 1 heterocycles. The monoisotopic (exact) mass is 378 g/mol. The predicted octanol–water partition coefficient (Wildman–Crippen LogP) is 4.77. The number of hydrogen-bond acceptors (Lipinski definition) is 6. The Morgan fingerprint density at radius 3 is 2.36 bits per heavy atom. The standard InChI is InChI=1S/C22H26N4O2/c1-14-7-6-8-18(15(14)2)26-22-12-21(24-16(3)25-22)23-13-17-9-10-19(27-4)20(11-17)28-5/h6-12H,13H2,1-5H3,(H2,23,24,25,26). The summed E-state index contributed by atoms with van der Waals surface area (Å²) in [4.78, 5) is 8.99. The van der Waals surface area contributed by atoms with Crippen LogP contribution in [0.3, 0.4) is 0 Å². The first-order chi connectivity index (χ1) is 13.5. The quantitative estimate of drug-likeness (QED) is 0.617. The third kappa shape index (κ3) is 4.52. The molecule has 0 amide bonds. The summed E-state index contributed by atoms with van der Waals surface area (Å²) in [5.74, 6) is 3.64. The Morgan fingerprint density at radius 1 is 0.857 bits per heavy atom. The number of methoxy groups -OCH3 is 2. The minimum absolute atomic E-state index is 0.611. The van der Waals surface area contributed by atoms with E-state index in [1.165, 1.54) is 11.1 Å². The van der Waals surface area contributed by atoms with E-state index in [4.69, 9.17) is 9.47 Å². The van der Waals surface area contributed by atoms with Gasteiger partial charge in [-0.1, -0.05) is 18.2 Å². The lowest BCUT2D eigenvalue weighted by Gasteiger charge is -2.13. The number of aromatic nitrogens is 2. The molecule has 0 spiro atoms. The first-order valence-electron chi connectivity index (χ1n) is 9.14. The summed E-state index contributed by atoms with van der Waals surface area (Å²) in [6.07, 6.45) is 0. The van der Waals surface area contributed by atoms with Gasteiger partial charge in [0.1, 0.15) is 17.5 Å². The van der Waals surface area contributed by atoms with E-state index in [1.807, 2.05) is 37.3 Å². The van der Waals surface area contributed by atoms with Crippen LogP contribution in [-0.4, -0.2) is 24.2 Å². The predicted molar refractivity (Wildman–Crippen MR) is 113 cm³/mol. The SMILES string of the molecule is COc1ccc(CNc2cc(Nc3cccc(C)c3C)nc(C)n2)cc1OC. The van der Waals surface area contributed by atoms with Crippen molar-refractivity contribution in [3.63, 3.8) is 0 Å². The topological polar surface area (TPSA) is 68.3 Å². The van der Waals surface area contributed by atoms with Crippen LogP contribution in [0.2, 0.25) is 0 Å². The van der Waals surface area contributed by atoms with Gasteiger partial charge in [-0.15, -0.1) is 0 Å². The molecule has 0 aliphatic carbocycles. The van der Waals surface area contributed by atoms with Crippen LogP contribution in [0.5, 0.6) is 11.5 Å². The van der Waals surface area contributed by atoms with Gasteiger partial charge in [-0.2, -0.15) is 0 Å². The second kappa shape index (κ2) is 8.61. The molecule has 0 atom stereocenters. The van der Waals surface area contributed by atoms with E-state index in [0.29, 0.717) is 23.9 Å². The van der Waals surface area contributed by atoms with Gasteiger partial charge in [0.15, 0.2) is 11.5 Å². The lowest BCUT2D eigenvalue weighted by Crippen LogP contribution is -2.06. The van der Waals surface area contributed by atoms with Gasteiger partial charge in [0.25, 0.3) is 0 Å². The highest BCUT2D eigenvalue weighted by Crippen LogP contribution is 2.28. The summed E-state index contributed by atoms with van der Waals surface area (Å²) in [6.45, 7) is 6.69. The molecule has 6 nitrogen and oxygen atoms in total. The van der Waals surface area contributed by atoms with Gasteiger partial charge in [-0.05, 0) is 55.7 Å². The fourth-order valence-electron chi connectivity index (χ4n) is 2.93. The Bertz CT molecular complexity index is 973. The third-order valence-corrected chi connectivity index (χ3v) is 4.63. The largest absolute Gasteiger partial charge is 0.493 e. The maximum atomic E-state index is 5.37. The molecule has 3 rings (SSSR count). The van der Waals surface area contributed by atoms with Crippen molar-refractivity contribution in [3.8, 4) is 11.5 Å². The molecule has 0 aliphatic heterocycles. The number of hydrogen-bond donors (Lipinski definition) is 2. The van der Waals surface area contributed by atoms with Crippen molar-refractivity contribution in [1.29, 1.82) is 0 Å². The number of nitrogens with zero attached hydrogens (tertiary/aromatic N) is 2. The summed E-state index contributed by atoms with van der Waals surface area (Å²) in [6, 6.07) is 13.9. The van der Waals surface area contributed by atoms with E-state index in [0.717, 1.165) is 22.9 Å². The number of aryl methyl sites for hydroxylation is 2. The molecule has 3 aromatic rings. The zero-order valence-electron chi connectivity index (χ0n) is 17.0. The van der Waals surface area contributed by atoms with Crippen molar-refractivity contribution in [2.24, 2.45) is 0 Å².